The molecule has 1 fully saturated rings. The van der Waals surface area contributed by atoms with Gasteiger partial charge in [-0.05, 0) is 75.0 Å². The SMILES string of the molecule is CC(C)CCn1nc2c3c1CCC(C3)NC(=O)CCCN(C(=O)C1(c3ccc(Cl)cc3)CCC1)CCCNC2=O. The maximum atomic E-state index is 14.0. The smallest absolute Gasteiger partial charge is 0.272 e. The molecule has 5 rings (SSSR count). The second-order valence-corrected chi connectivity index (χ2v) is 12.6. The van der Waals surface area contributed by atoms with Gasteiger partial charge in [0.15, 0.2) is 5.69 Å². The fourth-order valence-electron chi connectivity index (χ4n) is 6.39. The highest BCUT2D eigenvalue weighted by Crippen LogP contribution is 2.45. The van der Waals surface area contributed by atoms with E-state index in [-0.39, 0.29) is 23.8 Å². The van der Waals surface area contributed by atoms with Gasteiger partial charge in [0, 0.05) is 54.9 Å². The van der Waals surface area contributed by atoms with Crippen molar-refractivity contribution in [3.63, 3.8) is 0 Å². The predicted molar refractivity (Wildman–Crippen MR) is 155 cm³/mol. The molecule has 0 radical (unpaired) electrons. The molecule has 1 aromatic heterocycles. The Hall–Kier alpha value is -2.87. The maximum Gasteiger partial charge on any atom is 0.272 e. The van der Waals surface area contributed by atoms with Crippen LogP contribution < -0.4 is 10.6 Å². The third-order valence-corrected chi connectivity index (χ3v) is 9.12. The number of carbonyl (C=O) groups is 3. The number of hydrogen-bond donors (Lipinski definition) is 2. The van der Waals surface area contributed by atoms with E-state index in [1.807, 2.05) is 33.8 Å². The molecule has 2 N–H and O–H groups in total. The van der Waals surface area contributed by atoms with E-state index in [1.165, 1.54) is 0 Å². The molecule has 3 amide bonds. The van der Waals surface area contributed by atoms with Crippen LogP contribution in [0.2, 0.25) is 5.02 Å². The van der Waals surface area contributed by atoms with Gasteiger partial charge in [0.05, 0.1) is 5.41 Å². The molecule has 40 heavy (non-hydrogen) atoms. The lowest BCUT2D eigenvalue weighted by Crippen LogP contribution is -2.52. The molecule has 1 aliphatic heterocycles. The number of hydrogen-bond acceptors (Lipinski definition) is 4. The number of nitrogens with zero attached hydrogens (tertiary/aromatic N) is 3. The van der Waals surface area contributed by atoms with Crippen molar-refractivity contribution in [3.05, 3.63) is 51.8 Å². The predicted octanol–water partition coefficient (Wildman–Crippen LogP) is 4.42. The van der Waals surface area contributed by atoms with E-state index in [4.69, 9.17) is 16.7 Å². The molecule has 1 atom stereocenters. The van der Waals surface area contributed by atoms with E-state index in [1.54, 1.807) is 0 Å². The lowest BCUT2D eigenvalue weighted by Gasteiger charge is -2.44. The van der Waals surface area contributed by atoms with Gasteiger partial charge in [0.1, 0.15) is 0 Å². The quantitative estimate of drug-likeness (QED) is 0.559. The molecular weight excluding hydrogens is 526 g/mol. The molecule has 1 unspecified atom stereocenters. The van der Waals surface area contributed by atoms with Crippen molar-refractivity contribution < 1.29 is 14.4 Å². The van der Waals surface area contributed by atoms with E-state index in [0.29, 0.717) is 62.0 Å². The molecule has 2 aliphatic carbocycles. The lowest BCUT2D eigenvalue weighted by atomic mass is 9.63. The van der Waals surface area contributed by atoms with Crippen LogP contribution in [0, 0.1) is 5.92 Å². The highest BCUT2D eigenvalue weighted by atomic mass is 35.5. The molecule has 1 saturated carbocycles. The average molecular weight is 568 g/mol. The Balaban J connectivity index is 1.34. The number of halogens is 1. The van der Waals surface area contributed by atoms with Crippen LogP contribution in [0.1, 0.15) is 92.5 Å². The monoisotopic (exact) mass is 567 g/mol. The Bertz CT molecular complexity index is 1230. The summed E-state index contributed by atoms with van der Waals surface area (Å²) >= 11 is 6.13. The summed E-state index contributed by atoms with van der Waals surface area (Å²) in [6.45, 7) is 6.68. The summed E-state index contributed by atoms with van der Waals surface area (Å²) in [7, 11) is 0. The summed E-state index contributed by atoms with van der Waals surface area (Å²) in [6, 6.07) is 7.62. The van der Waals surface area contributed by atoms with E-state index in [0.717, 1.165) is 61.9 Å². The number of rotatable bonds is 5. The largest absolute Gasteiger partial charge is 0.353 e. The number of aryl methyl sites for hydroxylation is 1. The normalized spacial score (nSPS) is 21.6. The fourth-order valence-corrected chi connectivity index (χ4v) is 6.51. The van der Waals surface area contributed by atoms with Crippen molar-refractivity contribution >= 4 is 29.3 Å². The Morgan fingerprint density at radius 1 is 1.10 bits per heavy atom. The fraction of sp³-hybridized carbons (Fsp3) is 0.613. The number of amides is 3. The molecule has 3 aliphatic rings. The van der Waals surface area contributed by atoms with Crippen LogP contribution in [0.3, 0.4) is 0 Å². The van der Waals surface area contributed by atoms with Crippen LogP contribution >= 0.6 is 11.6 Å². The van der Waals surface area contributed by atoms with E-state index in [9.17, 15) is 14.4 Å². The Labute approximate surface area is 242 Å². The zero-order valence-corrected chi connectivity index (χ0v) is 24.6. The van der Waals surface area contributed by atoms with Gasteiger partial charge in [0.2, 0.25) is 11.8 Å². The first-order chi connectivity index (χ1) is 19.3. The van der Waals surface area contributed by atoms with Crippen molar-refractivity contribution in [1.29, 1.82) is 0 Å². The summed E-state index contributed by atoms with van der Waals surface area (Å²) in [6.07, 6.45) is 7.51. The molecule has 8 nitrogen and oxygen atoms in total. The molecule has 0 saturated heterocycles. The van der Waals surface area contributed by atoms with Crippen molar-refractivity contribution in [1.82, 2.24) is 25.3 Å². The summed E-state index contributed by atoms with van der Waals surface area (Å²) < 4.78 is 2.01. The van der Waals surface area contributed by atoms with Crippen molar-refractivity contribution in [2.45, 2.75) is 96.1 Å². The first kappa shape index (κ1) is 28.7. The van der Waals surface area contributed by atoms with Gasteiger partial charge < -0.3 is 15.5 Å². The van der Waals surface area contributed by atoms with Crippen molar-refractivity contribution in [3.8, 4) is 0 Å². The first-order valence-electron chi connectivity index (χ1n) is 15.0. The minimum atomic E-state index is -0.531. The molecule has 216 valence electrons. The Kier molecular flexibility index (Phi) is 8.83. The Morgan fingerprint density at radius 3 is 2.55 bits per heavy atom. The number of nitrogens with one attached hydrogen (secondary N) is 2. The second-order valence-electron chi connectivity index (χ2n) is 12.1. The lowest BCUT2D eigenvalue weighted by molar-refractivity contribution is -0.141. The van der Waals surface area contributed by atoms with Gasteiger partial charge in [-0.2, -0.15) is 5.10 Å². The van der Waals surface area contributed by atoms with Crippen molar-refractivity contribution in [2.24, 2.45) is 5.92 Å². The second kappa shape index (κ2) is 12.3. The number of fused-ring (bicyclic) bond motifs is 1. The summed E-state index contributed by atoms with van der Waals surface area (Å²) in [5, 5.41) is 11.7. The van der Waals surface area contributed by atoms with E-state index >= 15 is 0 Å². The number of carbonyl (C=O) groups excluding carboxylic acids is 3. The summed E-state index contributed by atoms with van der Waals surface area (Å²) in [4.78, 5) is 42.2. The third-order valence-electron chi connectivity index (χ3n) is 8.87. The number of aromatic nitrogens is 2. The van der Waals surface area contributed by atoms with Crippen LogP contribution in [0.15, 0.2) is 24.3 Å². The topological polar surface area (TPSA) is 96.3 Å². The summed E-state index contributed by atoms with van der Waals surface area (Å²) in [5.41, 5.74) is 3.06. The molecule has 9 heteroatoms. The first-order valence-corrected chi connectivity index (χ1v) is 15.4. The van der Waals surface area contributed by atoms with Gasteiger partial charge in [-0.25, -0.2) is 0 Å². The molecule has 2 bridgehead atoms. The Morgan fingerprint density at radius 2 is 1.85 bits per heavy atom. The van der Waals surface area contributed by atoms with Crippen molar-refractivity contribution in [2.75, 3.05) is 19.6 Å². The van der Waals surface area contributed by atoms with Crippen LogP contribution in [-0.4, -0.2) is 58.1 Å². The highest BCUT2D eigenvalue weighted by Gasteiger charge is 2.47. The van der Waals surface area contributed by atoms with Crippen LogP contribution in [0.4, 0.5) is 0 Å². The van der Waals surface area contributed by atoms with E-state index < -0.39 is 5.41 Å². The van der Waals surface area contributed by atoms with Gasteiger partial charge in [-0.15, -0.1) is 0 Å². The third kappa shape index (κ3) is 6.07. The molecular formula is C31H42ClN5O3. The van der Waals surface area contributed by atoms with Gasteiger partial charge in [-0.3, -0.25) is 19.1 Å². The number of benzene rings is 1. The molecule has 2 aromatic rings. The van der Waals surface area contributed by atoms with Crippen LogP contribution in [0.5, 0.6) is 0 Å². The minimum absolute atomic E-state index is 0.00461. The highest BCUT2D eigenvalue weighted by molar-refractivity contribution is 6.30. The molecule has 0 spiro atoms. The molecule has 1 aromatic carbocycles. The van der Waals surface area contributed by atoms with Gasteiger partial charge >= 0.3 is 0 Å². The van der Waals surface area contributed by atoms with Gasteiger partial charge in [-0.1, -0.05) is 44.0 Å². The average Bonchev–Trinajstić information content (AvgIpc) is 3.26. The molecule has 2 heterocycles. The van der Waals surface area contributed by atoms with Gasteiger partial charge in [0.25, 0.3) is 5.91 Å². The maximum absolute atomic E-state index is 14.0. The van der Waals surface area contributed by atoms with E-state index in [2.05, 4.69) is 24.5 Å². The zero-order chi connectivity index (χ0) is 28.3. The standard InChI is InChI=1S/C31H42ClN5O3/c1-21(2)13-19-37-26-12-11-24-20-25(26)28(35-37)29(39)33-16-5-18-36(17-3-6-27(38)34-24)30(40)31(14-4-15-31)22-7-9-23(32)10-8-22/h7-10,21,24H,3-6,11-20H2,1-2H3,(H,33,39)(H,34,38). The minimum Gasteiger partial charge on any atom is -0.353 e. The summed E-state index contributed by atoms with van der Waals surface area (Å²) in [5.74, 6) is 0.493. The zero-order valence-electron chi connectivity index (χ0n) is 23.8. The van der Waals surface area contributed by atoms with Crippen LogP contribution in [0.25, 0.3) is 0 Å². The van der Waals surface area contributed by atoms with Crippen LogP contribution in [-0.2, 0) is 34.4 Å².